The minimum atomic E-state index is -0.846. The van der Waals surface area contributed by atoms with E-state index >= 15 is 0 Å². The van der Waals surface area contributed by atoms with Crippen molar-refractivity contribution >= 4 is 11.9 Å². The fourth-order valence-corrected chi connectivity index (χ4v) is 1.49. The molecule has 4 heteroatoms. The SMILES string of the molecule is C[C@@H](OC(=O)C1=CCCCCC1)C(N)=O. The second-order valence-electron chi connectivity index (χ2n) is 3.78. The summed E-state index contributed by atoms with van der Waals surface area (Å²) in [6.45, 7) is 1.48. The van der Waals surface area contributed by atoms with E-state index in [4.69, 9.17) is 10.5 Å². The quantitative estimate of drug-likeness (QED) is 0.715. The van der Waals surface area contributed by atoms with Crippen LogP contribution in [0.5, 0.6) is 0 Å². The van der Waals surface area contributed by atoms with Crippen molar-refractivity contribution in [3.8, 4) is 0 Å². The van der Waals surface area contributed by atoms with Gasteiger partial charge in [0.05, 0.1) is 0 Å². The molecular formula is C11H17NO3. The molecule has 0 fully saturated rings. The third-order valence-corrected chi connectivity index (χ3v) is 2.49. The van der Waals surface area contributed by atoms with Crippen LogP contribution in [0.1, 0.15) is 39.0 Å². The molecule has 1 aliphatic carbocycles. The van der Waals surface area contributed by atoms with Gasteiger partial charge < -0.3 is 10.5 Å². The number of carbonyl (C=O) groups is 2. The number of hydrogen-bond acceptors (Lipinski definition) is 3. The molecule has 84 valence electrons. The summed E-state index contributed by atoms with van der Waals surface area (Å²) < 4.78 is 4.93. The lowest BCUT2D eigenvalue weighted by atomic mass is 10.1. The molecule has 0 heterocycles. The highest BCUT2D eigenvalue weighted by Gasteiger charge is 2.18. The third-order valence-electron chi connectivity index (χ3n) is 2.49. The van der Waals surface area contributed by atoms with Crippen molar-refractivity contribution in [1.82, 2.24) is 0 Å². The molecule has 0 saturated heterocycles. The van der Waals surface area contributed by atoms with E-state index in [1.165, 1.54) is 6.92 Å². The predicted molar refractivity (Wildman–Crippen MR) is 55.9 cm³/mol. The monoisotopic (exact) mass is 211 g/mol. The lowest BCUT2D eigenvalue weighted by molar-refractivity contribution is -0.150. The number of allylic oxidation sites excluding steroid dienone is 1. The minimum absolute atomic E-state index is 0.400. The average molecular weight is 211 g/mol. The first-order valence-corrected chi connectivity index (χ1v) is 5.30. The van der Waals surface area contributed by atoms with E-state index in [0.717, 1.165) is 32.1 Å². The summed E-state index contributed by atoms with van der Waals surface area (Å²) in [7, 11) is 0. The molecule has 0 spiro atoms. The number of esters is 1. The second-order valence-corrected chi connectivity index (χ2v) is 3.78. The fourth-order valence-electron chi connectivity index (χ4n) is 1.49. The Morgan fingerprint density at radius 3 is 2.80 bits per heavy atom. The van der Waals surface area contributed by atoms with Crippen LogP contribution in [-0.4, -0.2) is 18.0 Å². The van der Waals surface area contributed by atoms with Crippen molar-refractivity contribution in [2.45, 2.75) is 45.1 Å². The van der Waals surface area contributed by atoms with E-state index < -0.39 is 18.0 Å². The van der Waals surface area contributed by atoms with Gasteiger partial charge in [0, 0.05) is 5.57 Å². The van der Waals surface area contributed by atoms with Gasteiger partial charge in [0.1, 0.15) is 0 Å². The summed E-state index contributed by atoms with van der Waals surface area (Å²) >= 11 is 0. The first kappa shape index (κ1) is 11.8. The third kappa shape index (κ3) is 3.73. The smallest absolute Gasteiger partial charge is 0.334 e. The molecule has 1 atom stereocenters. The molecule has 4 nitrogen and oxygen atoms in total. The summed E-state index contributed by atoms with van der Waals surface area (Å²) in [5.74, 6) is -1.01. The summed E-state index contributed by atoms with van der Waals surface area (Å²) in [5, 5.41) is 0. The summed E-state index contributed by atoms with van der Waals surface area (Å²) in [5.41, 5.74) is 5.69. The van der Waals surface area contributed by atoms with Gasteiger partial charge in [0.25, 0.3) is 5.91 Å². The maximum atomic E-state index is 11.6. The van der Waals surface area contributed by atoms with Crippen molar-refractivity contribution in [1.29, 1.82) is 0 Å². The Kier molecular flexibility index (Phi) is 4.34. The lowest BCUT2D eigenvalue weighted by Crippen LogP contribution is -2.30. The molecule has 0 aliphatic heterocycles. The number of carbonyl (C=O) groups excluding carboxylic acids is 2. The van der Waals surface area contributed by atoms with Crippen LogP contribution < -0.4 is 5.73 Å². The first-order chi connectivity index (χ1) is 7.11. The molecule has 0 aromatic heterocycles. The Morgan fingerprint density at radius 2 is 2.13 bits per heavy atom. The van der Waals surface area contributed by atoms with Gasteiger partial charge in [-0.25, -0.2) is 4.79 Å². The molecule has 1 aliphatic rings. The average Bonchev–Trinajstić information content (AvgIpc) is 2.45. The zero-order chi connectivity index (χ0) is 11.3. The molecule has 0 saturated carbocycles. The Balaban J connectivity index is 2.51. The number of hydrogen-bond donors (Lipinski definition) is 1. The standard InChI is InChI=1S/C11H17NO3/c1-8(10(12)13)15-11(14)9-6-4-2-3-5-7-9/h6,8H,2-5,7H2,1H3,(H2,12,13)/t8-/m1/s1. The Bertz CT molecular complexity index is 284. The highest BCUT2D eigenvalue weighted by molar-refractivity contribution is 5.91. The zero-order valence-corrected chi connectivity index (χ0v) is 8.99. The fraction of sp³-hybridized carbons (Fsp3) is 0.636. The van der Waals surface area contributed by atoms with Crippen molar-refractivity contribution in [2.24, 2.45) is 5.73 Å². The highest BCUT2D eigenvalue weighted by Crippen LogP contribution is 2.18. The molecule has 15 heavy (non-hydrogen) atoms. The predicted octanol–water partition coefficient (Wildman–Crippen LogP) is 1.29. The minimum Gasteiger partial charge on any atom is -0.449 e. The summed E-state index contributed by atoms with van der Waals surface area (Å²) in [6, 6.07) is 0. The van der Waals surface area contributed by atoms with Crippen LogP contribution in [0.15, 0.2) is 11.6 Å². The van der Waals surface area contributed by atoms with E-state index in [9.17, 15) is 9.59 Å². The van der Waals surface area contributed by atoms with Crippen LogP contribution in [0.25, 0.3) is 0 Å². The highest BCUT2D eigenvalue weighted by atomic mass is 16.5. The number of rotatable bonds is 3. The van der Waals surface area contributed by atoms with E-state index in [1.807, 2.05) is 6.08 Å². The Morgan fingerprint density at radius 1 is 1.40 bits per heavy atom. The number of nitrogens with two attached hydrogens (primary N) is 1. The summed E-state index contributed by atoms with van der Waals surface area (Å²) in [4.78, 5) is 22.3. The van der Waals surface area contributed by atoms with Crippen molar-refractivity contribution in [3.63, 3.8) is 0 Å². The first-order valence-electron chi connectivity index (χ1n) is 5.30. The molecule has 0 aromatic carbocycles. The van der Waals surface area contributed by atoms with E-state index in [-0.39, 0.29) is 0 Å². The largest absolute Gasteiger partial charge is 0.449 e. The van der Waals surface area contributed by atoms with Crippen LogP contribution in [0.4, 0.5) is 0 Å². The van der Waals surface area contributed by atoms with Gasteiger partial charge in [-0.2, -0.15) is 0 Å². The molecule has 0 aromatic rings. The van der Waals surface area contributed by atoms with Gasteiger partial charge >= 0.3 is 5.97 Å². The molecule has 1 amide bonds. The molecular weight excluding hydrogens is 194 g/mol. The van der Waals surface area contributed by atoms with Gasteiger partial charge in [-0.05, 0) is 32.6 Å². The topological polar surface area (TPSA) is 69.4 Å². The van der Waals surface area contributed by atoms with Gasteiger partial charge in [-0.15, -0.1) is 0 Å². The van der Waals surface area contributed by atoms with E-state index in [2.05, 4.69) is 0 Å². The maximum absolute atomic E-state index is 11.6. The molecule has 0 bridgehead atoms. The van der Waals surface area contributed by atoms with Crippen LogP contribution >= 0.6 is 0 Å². The lowest BCUT2D eigenvalue weighted by Gasteiger charge is -2.10. The Hall–Kier alpha value is -1.32. The molecule has 1 rings (SSSR count). The van der Waals surface area contributed by atoms with Crippen molar-refractivity contribution in [2.75, 3.05) is 0 Å². The van der Waals surface area contributed by atoms with Gasteiger partial charge in [0.15, 0.2) is 6.10 Å². The maximum Gasteiger partial charge on any atom is 0.334 e. The number of amides is 1. The normalized spacial score (nSPS) is 18.6. The zero-order valence-electron chi connectivity index (χ0n) is 8.99. The van der Waals surface area contributed by atoms with Crippen LogP contribution in [0.3, 0.4) is 0 Å². The van der Waals surface area contributed by atoms with Crippen LogP contribution in [-0.2, 0) is 14.3 Å². The van der Waals surface area contributed by atoms with Crippen molar-refractivity contribution < 1.29 is 14.3 Å². The van der Waals surface area contributed by atoms with Crippen molar-refractivity contribution in [3.05, 3.63) is 11.6 Å². The Labute approximate surface area is 89.5 Å². The van der Waals surface area contributed by atoms with Crippen LogP contribution in [0.2, 0.25) is 0 Å². The van der Waals surface area contributed by atoms with E-state index in [1.54, 1.807) is 0 Å². The van der Waals surface area contributed by atoms with Gasteiger partial charge in [-0.3, -0.25) is 4.79 Å². The molecule has 2 N–H and O–H groups in total. The number of primary amides is 1. The van der Waals surface area contributed by atoms with Gasteiger partial charge in [0.2, 0.25) is 0 Å². The van der Waals surface area contributed by atoms with Crippen LogP contribution in [0, 0.1) is 0 Å². The molecule has 0 unspecified atom stereocenters. The summed E-state index contributed by atoms with van der Waals surface area (Å²) in [6.07, 6.45) is 5.97. The van der Waals surface area contributed by atoms with E-state index in [0.29, 0.717) is 5.57 Å². The number of ether oxygens (including phenoxy) is 1. The van der Waals surface area contributed by atoms with Gasteiger partial charge in [-0.1, -0.05) is 12.5 Å². The molecule has 0 radical (unpaired) electrons. The second kappa shape index (κ2) is 5.53.